The Bertz CT molecular complexity index is 626. The van der Waals surface area contributed by atoms with Crippen molar-refractivity contribution in [2.45, 2.75) is 31.9 Å². The minimum atomic E-state index is -0.383. The zero-order valence-electron chi connectivity index (χ0n) is 14.4. The Kier molecular flexibility index (Phi) is 5.65. The van der Waals surface area contributed by atoms with E-state index in [0.717, 1.165) is 12.8 Å². The third kappa shape index (κ3) is 4.35. The quantitative estimate of drug-likeness (QED) is 0.894. The van der Waals surface area contributed by atoms with Gasteiger partial charge in [0, 0.05) is 38.5 Å². The van der Waals surface area contributed by atoms with Crippen LogP contribution in [-0.2, 0) is 14.3 Å². The number of carbonyl (C=O) groups excluding carboxylic acids is 2. The maximum atomic E-state index is 13.2. The van der Waals surface area contributed by atoms with Gasteiger partial charge in [-0.1, -0.05) is 6.07 Å². The molecule has 2 aliphatic heterocycles. The molecule has 6 nitrogen and oxygen atoms in total. The maximum absolute atomic E-state index is 13.2. The fraction of sp³-hybridized carbons (Fsp3) is 0.556. The van der Waals surface area contributed by atoms with Crippen molar-refractivity contribution in [3.05, 3.63) is 30.1 Å². The van der Waals surface area contributed by atoms with Crippen LogP contribution in [0.5, 0.6) is 0 Å². The largest absolute Gasteiger partial charge is 0.368 e. The Morgan fingerprint density at radius 3 is 2.68 bits per heavy atom. The lowest BCUT2D eigenvalue weighted by atomic mass is 10.1. The van der Waals surface area contributed by atoms with Crippen molar-refractivity contribution in [3.8, 4) is 0 Å². The van der Waals surface area contributed by atoms with Gasteiger partial charge in [-0.2, -0.15) is 0 Å². The van der Waals surface area contributed by atoms with Gasteiger partial charge in [0.1, 0.15) is 11.9 Å². The van der Waals surface area contributed by atoms with Crippen molar-refractivity contribution in [3.63, 3.8) is 0 Å². The van der Waals surface area contributed by atoms with E-state index in [1.807, 2.05) is 16.7 Å². The van der Waals surface area contributed by atoms with E-state index in [4.69, 9.17) is 4.74 Å². The van der Waals surface area contributed by atoms with Gasteiger partial charge in [-0.3, -0.25) is 14.5 Å². The monoisotopic (exact) mass is 349 g/mol. The number of anilines is 1. The van der Waals surface area contributed by atoms with Gasteiger partial charge in [0.05, 0.1) is 6.04 Å². The summed E-state index contributed by atoms with van der Waals surface area (Å²) in [6.45, 7) is 4.94. The molecule has 1 aromatic carbocycles. The van der Waals surface area contributed by atoms with E-state index in [1.54, 1.807) is 12.1 Å². The standard InChI is InChI=1S/C18H24FN3O3/c1-13(17(23)20-15-5-2-4-14(19)12-15)21-7-9-22(10-8-21)18(24)16-6-3-11-25-16/h2,4-5,12-13,16H,3,6-11H2,1H3,(H,20,23)/t13-,16-/m1/s1. The van der Waals surface area contributed by atoms with Gasteiger partial charge in [0.15, 0.2) is 0 Å². The van der Waals surface area contributed by atoms with Crippen molar-refractivity contribution < 1.29 is 18.7 Å². The maximum Gasteiger partial charge on any atom is 0.251 e. The molecule has 2 saturated heterocycles. The first-order valence-electron chi connectivity index (χ1n) is 8.75. The van der Waals surface area contributed by atoms with Gasteiger partial charge >= 0.3 is 0 Å². The van der Waals surface area contributed by atoms with Crippen LogP contribution in [0.2, 0.25) is 0 Å². The summed E-state index contributed by atoms with van der Waals surface area (Å²) in [4.78, 5) is 28.6. The summed E-state index contributed by atoms with van der Waals surface area (Å²) in [5, 5.41) is 2.74. The Balaban J connectivity index is 1.49. The molecule has 0 radical (unpaired) electrons. The summed E-state index contributed by atoms with van der Waals surface area (Å²) in [5.74, 6) is -0.495. The third-order valence-electron chi connectivity index (χ3n) is 4.85. The lowest BCUT2D eigenvalue weighted by Gasteiger charge is -2.38. The number of rotatable bonds is 4. The second kappa shape index (κ2) is 7.93. The molecule has 136 valence electrons. The first kappa shape index (κ1) is 17.8. The number of nitrogens with one attached hydrogen (secondary N) is 1. The predicted molar refractivity (Wildman–Crippen MR) is 91.6 cm³/mol. The summed E-state index contributed by atoms with van der Waals surface area (Å²) >= 11 is 0. The van der Waals surface area contributed by atoms with Crippen LogP contribution in [0, 0.1) is 5.82 Å². The minimum Gasteiger partial charge on any atom is -0.368 e. The van der Waals surface area contributed by atoms with Gasteiger partial charge in [0.2, 0.25) is 5.91 Å². The number of amides is 2. The molecular formula is C18H24FN3O3. The molecule has 0 unspecified atom stereocenters. The van der Waals surface area contributed by atoms with E-state index in [1.165, 1.54) is 12.1 Å². The number of piperazine rings is 1. The normalized spacial score (nSPS) is 22.6. The zero-order chi connectivity index (χ0) is 17.8. The third-order valence-corrected chi connectivity index (χ3v) is 4.85. The molecule has 1 aromatic rings. The number of hydrogen-bond acceptors (Lipinski definition) is 4. The smallest absolute Gasteiger partial charge is 0.251 e. The summed E-state index contributed by atoms with van der Waals surface area (Å²) in [6, 6.07) is 5.51. The Labute approximate surface area is 146 Å². The van der Waals surface area contributed by atoms with Crippen molar-refractivity contribution >= 4 is 17.5 Å². The molecule has 1 N–H and O–H groups in total. The highest BCUT2D eigenvalue weighted by Gasteiger charge is 2.32. The van der Waals surface area contributed by atoms with Crippen LogP contribution in [-0.4, -0.2) is 66.5 Å². The molecular weight excluding hydrogens is 325 g/mol. The Morgan fingerprint density at radius 2 is 2.04 bits per heavy atom. The van der Waals surface area contributed by atoms with Gasteiger partial charge < -0.3 is 15.0 Å². The average Bonchev–Trinajstić information content (AvgIpc) is 3.15. The Hall–Kier alpha value is -1.99. The van der Waals surface area contributed by atoms with Crippen LogP contribution in [0.1, 0.15) is 19.8 Å². The summed E-state index contributed by atoms with van der Waals surface area (Å²) in [5.41, 5.74) is 0.448. The van der Waals surface area contributed by atoms with E-state index >= 15 is 0 Å². The lowest BCUT2D eigenvalue weighted by molar-refractivity contribution is -0.143. The number of ether oxygens (including phenoxy) is 1. The molecule has 25 heavy (non-hydrogen) atoms. The molecule has 2 fully saturated rings. The molecule has 0 saturated carbocycles. The van der Waals surface area contributed by atoms with Crippen LogP contribution in [0.3, 0.4) is 0 Å². The number of benzene rings is 1. The van der Waals surface area contributed by atoms with Gasteiger partial charge in [-0.25, -0.2) is 4.39 Å². The van der Waals surface area contributed by atoms with Gasteiger partial charge in [-0.15, -0.1) is 0 Å². The van der Waals surface area contributed by atoms with Crippen molar-refractivity contribution in [1.29, 1.82) is 0 Å². The second-order valence-electron chi connectivity index (χ2n) is 6.54. The second-order valence-corrected chi connectivity index (χ2v) is 6.54. The molecule has 2 aliphatic rings. The van der Waals surface area contributed by atoms with Crippen LogP contribution in [0.15, 0.2) is 24.3 Å². The topological polar surface area (TPSA) is 61.9 Å². The highest BCUT2D eigenvalue weighted by Crippen LogP contribution is 2.17. The first-order valence-corrected chi connectivity index (χ1v) is 8.75. The summed E-state index contributed by atoms with van der Waals surface area (Å²) in [7, 11) is 0. The average molecular weight is 349 g/mol. The predicted octanol–water partition coefficient (Wildman–Crippen LogP) is 1.48. The molecule has 0 aliphatic carbocycles. The first-order chi connectivity index (χ1) is 12.0. The molecule has 2 atom stereocenters. The Morgan fingerprint density at radius 1 is 1.28 bits per heavy atom. The number of halogens is 1. The number of nitrogens with zero attached hydrogens (tertiary/aromatic N) is 2. The van der Waals surface area contributed by atoms with Crippen molar-refractivity contribution in [2.75, 3.05) is 38.1 Å². The van der Waals surface area contributed by atoms with Crippen LogP contribution < -0.4 is 5.32 Å². The van der Waals surface area contributed by atoms with Crippen molar-refractivity contribution in [1.82, 2.24) is 9.80 Å². The highest BCUT2D eigenvalue weighted by molar-refractivity contribution is 5.94. The molecule has 0 aromatic heterocycles. The molecule has 7 heteroatoms. The molecule has 0 bridgehead atoms. The zero-order valence-corrected chi connectivity index (χ0v) is 14.4. The summed E-state index contributed by atoms with van der Waals surface area (Å²) < 4.78 is 18.7. The molecule has 0 spiro atoms. The van der Waals surface area contributed by atoms with E-state index in [9.17, 15) is 14.0 Å². The van der Waals surface area contributed by atoms with Crippen molar-refractivity contribution in [2.24, 2.45) is 0 Å². The van der Waals surface area contributed by atoms with E-state index in [-0.39, 0.29) is 29.8 Å². The van der Waals surface area contributed by atoms with Crippen LogP contribution in [0.4, 0.5) is 10.1 Å². The van der Waals surface area contributed by atoms with E-state index < -0.39 is 0 Å². The molecule has 3 rings (SSSR count). The van der Waals surface area contributed by atoms with Gasteiger partial charge in [-0.05, 0) is 38.0 Å². The number of carbonyl (C=O) groups is 2. The highest BCUT2D eigenvalue weighted by atomic mass is 19.1. The minimum absolute atomic E-state index is 0.0639. The molecule has 2 heterocycles. The molecule has 2 amide bonds. The SMILES string of the molecule is C[C@H](C(=O)Nc1cccc(F)c1)N1CCN(C(=O)[C@H]2CCCO2)CC1. The summed E-state index contributed by atoms with van der Waals surface area (Å²) in [6.07, 6.45) is 1.44. The van der Waals surface area contributed by atoms with Crippen LogP contribution >= 0.6 is 0 Å². The lowest BCUT2D eigenvalue weighted by Crippen LogP contribution is -2.55. The van der Waals surface area contributed by atoms with E-state index in [2.05, 4.69) is 5.32 Å². The fourth-order valence-corrected chi connectivity index (χ4v) is 3.28. The van der Waals surface area contributed by atoms with Gasteiger partial charge in [0.25, 0.3) is 5.91 Å². The van der Waals surface area contributed by atoms with Crippen LogP contribution in [0.25, 0.3) is 0 Å². The number of hydrogen-bond donors (Lipinski definition) is 1. The van der Waals surface area contributed by atoms with E-state index in [0.29, 0.717) is 38.5 Å². The fourth-order valence-electron chi connectivity index (χ4n) is 3.28.